The summed E-state index contributed by atoms with van der Waals surface area (Å²) in [6, 6.07) is 2.41. The fraction of sp³-hybridized carbons (Fsp3) is 0.250. The highest BCUT2D eigenvalue weighted by atomic mass is 19.4. The van der Waals surface area contributed by atoms with Crippen LogP contribution in [0.2, 0.25) is 0 Å². The minimum atomic E-state index is -4.96. The van der Waals surface area contributed by atoms with Gasteiger partial charge in [0.2, 0.25) is 0 Å². The second-order valence-electron chi connectivity index (χ2n) is 2.70. The minimum Gasteiger partial charge on any atom is -0.402 e. The Morgan fingerprint density at radius 1 is 1.56 bits per heavy atom. The third kappa shape index (κ3) is 2.74. The van der Waals surface area contributed by atoms with Gasteiger partial charge in [0.25, 0.3) is 0 Å². The molecular formula is C8H6F3N3O2. The number of nitriles is 1. The second-order valence-corrected chi connectivity index (χ2v) is 2.70. The maximum atomic E-state index is 12.0. The number of hydrogen-bond donors (Lipinski definition) is 2. The Hall–Kier alpha value is -2.01. The van der Waals surface area contributed by atoms with E-state index in [1.54, 1.807) is 0 Å². The summed E-state index contributed by atoms with van der Waals surface area (Å²) in [4.78, 5) is 3.36. The van der Waals surface area contributed by atoms with Crippen LogP contribution in [0.5, 0.6) is 5.75 Å². The molecule has 0 saturated heterocycles. The highest BCUT2D eigenvalue weighted by molar-refractivity contribution is 5.50. The molecule has 1 rings (SSSR count). The maximum Gasteiger partial charge on any atom is 0.573 e. The van der Waals surface area contributed by atoms with E-state index in [4.69, 9.17) is 16.1 Å². The molecule has 86 valence electrons. The smallest absolute Gasteiger partial charge is 0.402 e. The van der Waals surface area contributed by atoms with Crippen LogP contribution < -0.4 is 10.5 Å². The molecule has 1 aromatic heterocycles. The van der Waals surface area contributed by atoms with Crippen LogP contribution in [-0.4, -0.2) is 16.5 Å². The number of hydrogen-bond acceptors (Lipinski definition) is 5. The van der Waals surface area contributed by atoms with Crippen LogP contribution >= 0.6 is 0 Å². The fourth-order valence-electron chi connectivity index (χ4n) is 1.03. The fourth-order valence-corrected chi connectivity index (χ4v) is 1.03. The number of rotatable bonds is 2. The van der Waals surface area contributed by atoms with Crippen molar-refractivity contribution >= 4 is 5.82 Å². The summed E-state index contributed by atoms with van der Waals surface area (Å²) in [6.45, 7) is -0.743. The lowest BCUT2D eigenvalue weighted by molar-refractivity contribution is -0.275. The van der Waals surface area contributed by atoms with Crippen LogP contribution in [0.15, 0.2) is 6.07 Å². The number of pyridine rings is 1. The molecule has 0 saturated carbocycles. The molecule has 1 heterocycles. The largest absolute Gasteiger partial charge is 0.573 e. The highest BCUT2D eigenvalue weighted by Crippen LogP contribution is 2.30. The van der Waals surface area contributed by atoms with E-state index in [0.29, 0.717) is 0 Å². The average Bonchev–Trinajstić information content (AvgIpc) is 2.18. The van der Waals surface area contributed by atoms with Gasteiger partial charge < -0.3 is 15.6 Å². The number of aromatic nitrogens is 1. The first-order valence-electron chi connectivity index (χ1n) is 3.93. The molecule has 0 spiro atoms. The summed E-state index contributed by atoms with van der Waals surface area (Å²) in [5.74, 6) is -0.998. The zero-order chi connectivity index (χ0) is 12.3. The predicted molar refractivity (Wildman–Crippen MR) is 46.0 cm³/mol. The first-order valence-corrected chi connectivity index (χ1v) is 3.93. The highest BCUT2D eigenvalue weighted by Gasteiger charge is 2.33. The molecule has 0 atom stereocenters. The van der Waals surface area contributed by atoms with Crippen molar-refractivity contribution in [2.75, 3.05) is 5.73 Å². The molecule has 0 bridgehead atoms. The van der Waals surface area contributed by atoms with E-state index in [-0.39, 0.29) is 11.4 Å². The van der Waals surface area contributed by atoms with Crippen molar-refractivity contribution in [1.29, 1.82) is 5.26 Å². The molecule has 1 aromatic rings. The SMILES string of the molecule is N#Cc1nc(N)cc(CO)c1OC(F)(F)F. The van der Waals surface area contributed by atoms with Gasteiger partial charge in [-0.3, -0.25) is 0 Å². The lowest BCUT2D eigenvalue weighted by atomic mass is 10.2. The van der Waals surface area contributed by atoms with E-state index in [1.807, 2.05) is 0 Å². The molecule has 0 aliphatic heterocycles. The van der Waals surface area contributed by atoms with Crippen molar-refractivity contribution in [3.8, 4) is 11.8 Å². The number of nitrogens with two attached hydrogens (primary N) is 1. The van der Waals surface area contributed by atoms with E-state index in [2.05, 4.69) is 9.72 Å². The average molecular weight is 233 g/mol. The lowest BCUT2D eigenvalue weighted by Crippen LogP contribution is -2.19. The van der Waals surface area contributed by atoms with E-state index in [9.17, 15) is 13.2 Å². The summed E-state index contributed by atoms with van der Waals surface area (Å²) >= 11 is 0. The Kier molecular flexibility index (Phi) is 3.20. The number of nitrogen functional groups attached to an aromatic ring is 1. The van der Waals surface area contributed by atoms with E-state index in [1.165, 1.54) is 6.07 Å². The molecule has 8 heteroatoms. The summed E-state index contributed by atoms with van der Waals surface area (Å²) in [5, 5.41) is 17.4. The van der Waals surface area contributed by atoms with Crippen molar-refractivity contribution in [2.24, 2.45) is 0 Å². The Bertz CT molecular complexity index is 439. The molecule has 0 amide bonds. The third-order valence-corrected chi connectivity index (χ3v) is 1.56. The van der Waals surface area contributed by atoms with Crippen molar-refractivity contribution < 1.29 is 23.0 Å². The van der Waals surface area contributed by atoms with Gasteiger partial charge in [-0.1, -0.05) is 0 Å². The van der Waals surface area contributed by atoms with Crippen LogP contribution in [-0.2, 0) is 6.61 Å². The van der Waals surface area contributed by atoms with Crippen LogP contribution in [0.25, 0.3) is 0 Å². The van der Waals surface area contributed by atoms with Crippen LogP contribution in [0.1, 0.15) is 11.3 Å². The number of aliphatic hydroxyl groups excluding tert-OH is 1. The molecule has 0 fully saturated rings. The normalized spacial score (nSPS) is 10.9. The van der Waals surface area contributed by atoms with Crippen molar-refractivity contribution in [3.05, 3.63) is 17.3 Å². The summed E-state index contributed by atoms with van der Waals surface area (Å²) in [5.41, 5.74) is 4.36. The van der Waals surface area contributed by atoms with Crippen LogP contribution in [0.4, 0.5) is 19.0 Å². The summed E-state index contributed by atoms with van der Waals surface area (Å²) in [6.07, 6.45) is -4.96. The summed E-state index contributed by atoms with van der Waals surface area (Å²) in [7, 11) is 0. The molecule has 3 N–H and O–H groups in total. The molecule has 0 aromatic carbocycles. The van der Waals surface area contributed by atoms with E-state index in [0.717, 1.165) is 6.07 Å². The van der Waals surface area contributed by atoms with Gasteiger partial charge >= 0.3 is 6.36 Å². The molecule has 0 radical (unpaired) electrons. The van der Waals surface area contributed by atoms with Gasteiger partial charge in [0.15, 0.2) is 11.4 Å². The van der Waals surface area contributed by atoms with Crippen LogP contribution in [0, 0.1) is 11.3 Å². The number of ether oxygens (including phenoxy) is 1. The van der Waals surface area contributed by atoms with Crippen molar-refractivity contribution in [3.63, 3.8) is 0 Å². The topological polar surface area (TPSA) is 92.2 Å². The first-order chi connectivity index (χ1) is 7.37. The van der Waals surface area contributed by atoms with Gasteiger partial charge in [0.05, 0.1) is 6.61 Å². The molecule has 0 aliphatic carbocycles. The molecule has 16 heavy (non-hydrogen) atoms. The zero-order valence-electron chi connectivity index (χ0n) is 7.75. The Balaban J connectivity index is 3.29. The van der Waals surface area contributed by atoms with Gasteiger partial charge in [0.1, 0.15) is 11.9 Å². The zero-order valence-corrected chi connectivity index (χ0v) is 7.75. The molecule has 0 unspecified atom stereocenters. The van der Waals surface area contributed by atoms with Gasteiger partial charge in [0, 0.05) is 5.56 Å². The van der Waals surface area contributed by atoms with Gasteiger partial charge in [-0.25, -0.2) is 4.98 Å². The van der Waals surface area contributed by atoms with Gasteiger partial charge in [-0.15, -0.1) is 13.2 Å². The van der Waals surface area contributed by atoms with Gasteiger partial charge in [-0.05, 0) is 6.07 Å². The molecular weight excluding hydrogens is 227 g/mol. The Labute approximate surface area is 87.9 Å². The molecule has 5 nitrogen and oxygen atoms in total. The lowest BCUT2D eigenvalue weighted by Gasteiger charge is -2.13. The quantitative estimate of drug-likeness (QED) is 0.792. The third-order valence-electron chi connectivity index (χ3n) is 1.56. The number of halogens is 3. The van der Waals surface area contributed by atoms with Gasteiger partial charge in [-0.2, -0.15) is 5.26 Å². The standard InChI is InChI=1S/C8H6F3N3O2/c9-8(10,11)16-7-4(3-15)1-6(13)14-5(7)2-12/h1,15H,3H2,(H2,13,14). The second kappa shape index (κ2) is 4.24. The van der Waals surface area contributed by atoms with E-state index >= 15 is 0 Å². The van der Waals surface area contributed by atoms with Crippen LogP contribution in [0.3, 0.4) is 0 Å². The summed E-state index contributed by atoms with van der Waals surface area (Å²) < 4.78 is 39.6. The number of nitrogens with zero attached hydrogens (tertiary/aromatic N) is 2. The first kappa shape index (κ1) is 12.1. The monoisotopic (exact) mass is 233 g/mol. The maximum absolute atomic E-state index is 12.0. The van der Waals surface area contributed by atoms with Crippen molar-refractivity contribution in [2.45, 2.75) is 13.0 Å². The Morgan fingerprint density at radius 3 is 2.62 bits per heavy atom. The predicted octanol–water partition coefficient (Wildman–Crippen LogP) is 0.926. The minimum absolute atomic E-state index is 0.171. The van der Waals surface area contributed by atoms with Crippen molar-refractivity contribution in [1.82, 2.24) is 4.98 Å². The number of aliphatic hydroxyl groups is 1. The van der Waals surface area contributed by atoms with E-state index < -0.39 is 24.4 Å². The Morgan fingerprint density at radius 2 is 2.19 bits per heavy atom. The number of anilines is 1. The number of alkyl halides is 3. The molecule has 0 aliphatic rings.